The minimum Gasteiger partial charge on any atom is -0.355 e. The Balaban J connectivity index is 1.90. The third-order valence-corrected chi connectivity index (χ3v) is 5.12. The lowest BCUT2D eigenvalue weighted by molar-refractivity contribution is 0.724. The second-order valence-corrected chi connectivity index (χ2v) is 6.74. The number of benzene rings is 1. The number of nitrogens with zero attached hydrogens (tertiary/aromatic N) is 3. The molecule has 0 unspecified atom stereocenters. The quantitative estimate of drug-likeness (QED) is 0.784. The molecule has 0 spiro atoms. The van der Waals surface area contributed by atoms with Gasteiger partial charge in [-0.1, -0.05) is 30.3 Å². The van der Waals surface area contributed by atoms with Crippen molar-refractivity contribution in [1.29, 1.82) is 0 Å². The summed E-state index contributed by atoms with van der Waals surface area (Å²) in [7, 11) is 0. The summed E-state index contributed by atoms with van der Waals surface area (Å²) in [6, 6.07) is 10.6. The van der Waals surface area contributed by atoms with Crippen LogP contribution < -0.4 is 10.2 Å². The van der Waals surface area contributed by atoms with Gasteiger partial charge < -0.3 is 10.2 Å². The van der Waals surface area contributed by atoms with E-state index in [1.807, 2.05) is 6.92 Å². The van der Waals surface area contributed by atoms with Gasteiger partial charge in [-0.15, -0.1) is 11.3 Å². The lowest BCUT2D eigenvalue weighted by Crippen LogP contribution is -2.29. The van der Waals surface area contributed by atoms with Gasteiger partial charge in [-0.2, -0.15) is 0 Å². The van der Waals surface area contributed by atoms with E-state index in [0.717, 1.165) is 49.1 Å². The zero-order chi connectivity index (χ0) is 15.6. The summed E-state index contributed by atoms with van der Waals surface area (Å²) in [5.41, 5.74) is 2.48. The van der Waals surface area contributed by atoms with Crippen LogP contribution in [0.2, 0.25) is 0 Å². The average molecular weight is 324 g/mol. The molecule has 3 heterocycles. The molecule has 0 radical (unpaired) electrons. The average Bonchev–Trinajstić information content (AvgIpc) is 2.81. The van der Waals surface area contributed by atoms with Gasteiger partial charge in [0.2, 0.25) is 0 Å². The predicted octanol–water partition coefficient (Wildman–Crippen LogP) is 3.47. The lowest BCUT2D eigenvalue weighted by Gasteiger charge is -2.22. The number of hydrogen-bond donors (Lipinski definition) is 1. The summed E-state index contributed by atoms with van der Waals surface area (Å²) in [5.74, 6) is 1.95. The molecule has 1 fully saturated rings. The standard InChI is InChI=1S/C18H20N4S/c1-13-20-17(22-10-5-8-19-9-11-22)16-15(12-23-18(16)21-13)14-6-3-2-4-7-14/h2-4,6-7,12,19H,5,8-11H2,1H3. The van der Waals surface area contributed by atoms with Crippen molar-refractivity contribution in [3.63, 3.8) is 0 Å². The Bertz CT molecular complexity index is 805. The maximum Gasteiger partial charge on any atom is 0.141 e. The van der Waals surface area contributed by atoms with Crippen molar-refractivity contribution in [2.75, 3.05) is 31.1 Å². The highest BCUT2D eigenvalue weighted by Gasteiger charge is 2.19. The Morgan fingerprint density at radius 1 is 1.09 bits per heavy atom. The van der Waals surface area contributed by atoms with Crippen LogP contribution in [0.3, 0.4) is 0 Å². The monoisotopic (exact) mass is 324 g/mol. The Morgan fingerprint density at radius 3 is 2.83 bits per heavy atom. The van der Waals surface area contributed by atoms with Gasteiger partial charge in [0.1, 0.15) is 16.5 Å². The summed E-state index contributed by atoms with van der Waals surface area (Å²) < 4.78 is 0. The van der Waals surface area contributed by atoms with Crippen molar-refractivity contribution in [3.8, 4) is 11.1 Å². The third kappa shape index (κ3) is 2.82. The number of aromatic nitrogens is 2. The predicted molar refractivity (Wildman–Crippen MR) is 97.3 cm³/mol. The zero-order valence-corrected chi connectivity index (χ0v) is 14.1. The van der Waals surface area contributed by atoms with E-state index in [1.165, 1.54) is 16.5 Å². The molecule has 1 saturated heterocycles. The molecule has 1 aliphatic rings. The maximum atomic E-state index is 4.82. The molecular formula is C18H20N4S. The van der Waals surface area contributed by atoms with Crippen molar-refractivity contribution < 1.29 is 0 Å². The lowest BCUT2D eigenvalue weighted by atomic mass is 10.1. The van der Waals surface area contributed by atoms with E-state index in [1.54, 1.807) is 11.3 Å². The summed E-state index contributed by atoms with van der Waals surface area (Å²) in [6.07, 6.45) is 1.15. The van der Waals surface area contributed by atoms with E-state index in [2.05, 4.69) is 50.9 Å². The summed E-state index contributed by atoms with van der Waals surface area (Å²) >= 11 is 1.71. The summed E-state index contributed by atoms with van der Waals surface area (Å²) in [5, 5.41) is 6.89. The van der Waals surface area contributed by atoms with Gasteiger partial charge in [-0.25, -0.2) is 9.97 Å². The van der Waals surface area contributed by atoms with Crippen molar-refractivity contribution in [3.05, 3.63) is 41.5 Å². The fraction of sp³-hybridized carbons (Fsp3) is 0.333. The van der Waals surface area contributed by atoms with Crippen molar-refractivity contribution in [2.24, 2.45) is 0 Å². The first-order chi connectivity index (χ1) is 11.3. The highest BCUT2D eigenvalue weighted by molar-refractivity contribution is 7.17. The molecule has 2 aromatic heterocycles. The van der Waals surface area contributed by atoms with Crippen LogP contribution in [0.5, 0.6) is 0 Å². The first-order valence-corrected chi connectivity index (χ1v) is 8.98. The number of anilines is 1. The first kappa shape index (κ1) is 14.6. The molecule has 0 bridgehead atoms. The molecule has 0 saturated carbocycles. The molecule has 0 aliphatic carbocycles. The van der Waals surface area contributed by atoms with Crippen molar-refractivity contribution in [2.45, 2.75) is 13.3 Å². The van der Waals surface area contributed by atoms with Crippen molar-refractivity contribution in [1.82, 2.24) is 15.3 Å². The fourth-order valence-corrected chi connectivity index (χ4v) is 4.13. The number of hydrogen-bond acceptors (Lipinski definition) is 5. The molecule has 4 rings (SSSR count). The minimum atomic E-state index is 0.853. The molecule has 1 aliphatic heterocycles. The Labute approximate surface area is 140 Å². The van der Waals surface area contributed by atoms with E-state index in [9.17, 15) is 0 Å². The van der Waals surface area contributed by atoms with Crippen LogP contribution in [-0.4, -0.2) is 36.1 Å². The molecule has 0 amide bonds. The third-order valence-electron chi connectivity index (χ3n) is 4.25. The molecule has 23 heavy (non-hydrogen) atoms. The Kier molecular flexibility index (Phi) is 3.97. The maximum absolute atomic E-state index is 4.82. The molecule has 1 aromatic carbocycles. The largest absolute Gasteiger partial charge is 0.355 e. The highest BCUT2D eigenvalue weighted by atomic mass is 32.1. The molecule has 118 valence electrons. The molecule has 0 atom stereocenters. The number of fused-ring (bicyclic) bond motifs is 1. The summed E-state index contributed by atoms with van der Waals surface area (Å²) in [6.45, 7) is 6.12. The van der Waals surface area contributed by atoms with Gasteiger partial charge in [0, 0.05) is 30.6 Å². The van der Waals surface area contributed by atoms with Gasteiger partial charge in [0.25, 0.3) is 0 Å². The number of thiophene rings is 1. The fourth-order valence-electron chi connectivity index (χ4n) is 3.14. The van der Waals surface area contributed by atoms with Crippen LogP contribution in [0.4, 0.5) is 5.82 Å². The van der Waals surface area contributed by atoms with Gasteiger partial charge in [0.15, 0.2) is 0 Å². The van der Waals surface area contributed by atoms with Crippen LogP contribution in [0.1, 0.15) is 12.2 Å². The second-order valence-electron chi connectivity index (χ2n) is 5.88. The zero-order valence-electron chi connectivity index (χ0n) is 13.2. The van der Waals surface area contributed by atoms with E-state index in [-0.39, 0.29) is 0 Å². The number of nitrogens with one attached hydrogen (secondary N) is 1. The van der Waals surface area contributed by atoms with Crippen LogP contribution in [0.25, 0.3) is 21.3 Å². The number of rotatable bonds is 2. The molecule has 1 N–H and O–H groups in total. The molecule has 5 heteroatoms. The molecule has 3 aromatic rings. The van der Waals surface area contributed by atoms with Gasteiger partial charge in [-0.3, -0.25) is 0 Å². The smallest absolute Gasteiger partial charge is 0.141 e. The van der Waals surface area contributed by atoms with Crippen LogP contribution in [-0.2, 0) is 0 Å². The second kappa shape index (κ2) is 6.26. The van der Waals surface area contributed by atoms with Gasteiger partial charge in [0.05, 0.1) is 5.39 Å². The topological polar surface area (TPSA) is 41.1 Å². The van der Waals surface area contributed by atoms with Gasteiger partial charge >= 0.3 is 0 Å². The van der Waals surface area contributed by atoms with E-state index in [4.69, 9.17) is 4.98 Å². The summed E-state index contributed by atoms with van der Waals surface area (Å²) in [4.78, 5) is 13.0. The molecule has 4 nitrogen and oxygen atoms in total. The van der Waals surface area contributed by atoms with E-state index in [0.29, 0.717) is 0 Å². The first-order valence-electron chi connectivity index (χ1n) is 8.10. The Hall–Kier alpha value is -1.98. The highest BCUT2D eigenvalue weighted by Crippen LogP contribution is 2.38. The Morgan fingerprint density at radius 2 is 1.96 bits per heavy atom. The minimum absolute atomic E-state index is 0.853. The van der Waals surface area contributed by atoms with Crippen molar-refractivity contribution >= 4 is 27.4 Å². The van der Waals surface area contributed by atoms with Crippen LogP contribution >= 0.6 is 11.3 Å². The van der Waals surface area contributed by atoms with Crippen LogP contribution in [0, 0.1) is 6.92 Å². The van der Waals surface area contributed by atoms with Gasteiger partial charge in [-0.05, 0) is 25.5 Å². The normalized spacial score (nSPS) is 15.8. The molecular weight excluding hydrogens is 304 g/mol. The van der Waals surface area contributed by atoms with E-state index >= 15 is 0 Å². The van der Waals surface area contributed by atoms with Crippen LogP contribution in [0.15, 0.2) is 35.7 Å². The SMILES string of the molecule is Cc1nc(N2CCCNCC2)c2c(-c3ccccc3)csc2n1. The van der Waals surface area contributed by atoms with E-state index < -0.39 is 0 Å². The number of aryl methyl sites for hydroxylation is 1.